The first-order valence-corrected chi connectivity index (χ1v) is 28.9. The average molecular weight is 1610 g/mol. The molecule has 0 aromatic heterocycles. The van der Waals surface area contributed by atoms with E-state index in [4.69, 9.17) is 116 Å². The molecule has 2 saturated heterocycles. The number of hydrogen-bond donors (Lipinski definition) is 0. The SMILES string of the molecule is ClCCl.ClCCl.[Dy+3].[Dy+3].[O-]c1ccc(Cl)cc1C=NCCN1CCN(CCN=Cc2cc(Cl)ccc2[O-])C1c1cc(Cl)ccc1[O-].[O-]c1ccc(Cl)cc1C=NCCN1CCN(CCN=Cc2cc(Cl)ccc2[O-])C1c1cc(Cl)ccc1[O-]. The molecule has 0 N–H and O–H groups in total. The number of benzene rings is 6. The molecule has 14 nitrogen and oxygen atoms in total. The fourth-order valence-electron chi connectivity index (χ4n) is 8.51. The van der Waals surface area contributed by atoms with Crippen molar-refractivity contribution in [2.75, 3.05) is 89.2 Å². The minimum atomic E-state index is -0.293. The van der Waals surface area contributed by atoms with Gasteiger partial charge in [0.2, 0.25) is 0 Å². The van der Waals surface area contributed by atoms with Crippen LogP contribution in [-0.4, -0.2) is 134 Å². The zero-order valence-corrected chi connectivity index (χ0v) is 54.8. The van der Waals surface area contributed by atoms with E-state index in [9.17, 15) is 30.6 Å². The third kappa shape index (κ3) is 24.3. The quantitative estimate of drug-likeness (QED) is 0.0589. The van der Waals surface area contributed by atoms with E-state index >= 15 is 0 Å². The van der Waals surface area contributed by atoms with E-state index in [2.05, 4.69) is 39.6 Å². The number of alkyl halides is 4. The summed E-state index contributed by atoms with van der Waals surface area (Å²) in [6.07, 6.45) is 5.54. The van der Waals surface area contributed by atoms with E-state index < -0.39 is 0 Å². The normalized spacial score (nSPS) is 15.7. The predicted molar refractivity (Wildman–Crippen MR) is 320 cm³/mol. The van der Waals surface area contributed by atoms with Gasteiger partial charge in [-0.05, 0) is 106 Å². The largest absolute Gasteiger partial charge is 3.00 e. The van der Waals surface area contributed by atoms with Crippen molar-refractivity contribution < 1.29 is 107 Å². The van der Waals surface area contributed by atoms with Crippen molar-refractivity contribution in [1.82, 2.24) is 19.6 Å². The molecule has 8 rings (SSSR count). The van der Waals surface area contributed by atoms with Crippen molar-refractivity contribution in [2.24, 2.45) is 20.0 Å². The van der Waals surface area contributed by atoms with Crippen LogP contribution >= 0.6 is 116 Å². The predicted octanol–water partition coefficient (Wildman–Crippen LogP) is 10.3. The van der Waals surface area contributed by atoms with Gasteiger partial charge in [0.25, 0.3) is 0 Å². The van der Waals surface area contributed by atoms with E-state index in [1.807, 2.05) is 0 Å². The van der Waals surface area contributed by atoms with E-state index in [-0.39, 0.29) is 134 Å². The Morgan fingerprint density at radius 3 is 0.756 bits per heavy atom. The summed E-state index contributed by atoms with van der Waals surface area (Å²) in [7, 11) is 0. The first-order valence-electron chi connectivity index (χ1n) is 24.4. The van der Waals surface area contributed by atoms with Crippen LogP contribution in [0, 0.1) is 76.3 Å². The number of halogens is 10. The summed E-state index contributed by atoms with van der Waals surface area (Å²) in [5.41, 5.74) is 2.91. The summed E-state index contributed by atoms with van der Waals surface area (Å²) in [5, 5.41) is 76.7. The van der Waals surface area contributed by atoms with Crippen LogP contribution in [0.25, 0.3) is 0 Å². The number of rotatable bonds is 18. The molecule has 2 heterocycles. The summed E-state index contributed by atoms with van der Waals surface area (Å²) >= 11 is 55.4. The fraction of sp³-hybridized carbons (Fsp3) is 0.286. The summed E-state index contributed by atoms with van der Waals surface area (Å²) < 4.78 is 0. The molecule has 0 aliphatic carbocycles. The Balaban J connectivity index is 0.000000384. The molecular formula is C56H52Cl10Dy2N8O6. The maximum atomic E-state index is 12.8. The molecule has 0 atom stereocenters. The molecular weight excluding hydrogens is 1560 g/mol. The van der Waals surface area contributed by atoms with E-state index in [1.165, 1.54) is 61.3 Å². The van der Waals surface area contributed by atoms with Gasteiger partial charge in [-0.3, -0.25) is 39.6 Å². The summed E-state index contributed by atoms with van der Waals surface area (Å²) in [6, 6.07) is 27.8. The third-order valence-electron chi connectivity index (χ3n) is 12.1. The van der Waals surface area contributed by atoms with Gasteiger partial charge in [0.1, 0.15) is 0 Å². The molecule has 2 radical (unpaired) electrons. The number of hydrogen-bond acceptors (Lipinski definition) is 14. The molecule has 0 saturated carbocycles. The van der Waals surface area contributed by atoms with Crippen molar-refractivity contribution in [1.29, 1.82) is 0 Å². The average Bonchev–Trinajstić information content (AvgIpc) is 4.03. The first-order chi connectivity index (χ1) is 38.5. The molecule has 442 valence electrons. The van der Waals surface area contributed by atoms with E-state index in [0.29, 0.717) is 116 Å². The van der Waals surface area contributed by atoms with Gasteiger partial charge >= 0.3 is 76.3 Å². The van der Waals surface area contributed by atoms with E-state index in [1.54, 1.807) is 72.8 Å². The number of aliphatic imine (C=N–C) groups is 4. The van der Waals surface area contributed by atoms with Gasteiger partial charge in [-0.1, -0.05) is 129 Å². The molecule has 0 bridgehead atoms. The fourth-order valence-corrected chi connectivity index (χ4v) is 9.59. The van der Waals surface area contributed by atoms with Crippen LogP contribution in [0.3, 0.4) is 0 Å². The second-order valence-electron chi connectivity index (χ2n) is 17.3. The zero-order chi connectivity index (χ0) is 58.1. The third-order valence-corrected chi connectivity index (χ3v) is 13.5. The van der Waals surface area contributed by atoms with Crippen molar-refractivity contribution >= 4 is 141 Å². The topological polar surface area (TPSA) is 201 Å². The Labute approximate surface area is 588 Å². The molecule has 26 heteroatoms. The van der Waals surface area contributed by atoms with Gasteiger partial charge in [0.05, 0.1) is 49.2 Å². The van der Waals surface area contributed by atoms with Crippen molar-refractivity contribution in [2.45, 2.75) is 12.3 Å². The molecule has 6 aromatic carbocycles. The van der Waals surface area contributed by atoms with E-state index in [0.717, 1.165) is 26.2 Å². The van der Waals surface area contributed by atoms with Crippen LogP contribution in [0.1, 0.15) is 45.7 Å². The minimum absolute atomic E-state index is 0. The van der Waals surface area contributed by atoms with Crippen LogP contribution in [-0.2, 0) is 0 Å². The Hall–Kier alpha value is -1.91. The van der Waals surface area contributed by atoms with Crippen molar-refractivity contribution in [3.05, 3.63) is 173 Å². The Bertz CT molecular complexity index is 2720. The molecule has 82 heavy (non-hydrogen) atoms. The first kappa shape index (κ1) is 74.3. The molecule has 2 aliphatic heterocycles. The second kappa shape index (κ2) is 39.8. The molecule has 2 aliphatic rings. The maximum absolute atomic E-state index is 12.8. The molecule has 0 amide bonds. The summed E-state index contributed by atoms with van der Waals surface area (Å²) in [5.74, 6) is -0.760. The molecule has 6 aromatic rings. The Morgan fingerprint density at radius 1 is 0.341 bits per heavy atom. The smallest absolute Gasteiger partial charge is 0.872 e. The Morgan fingerprint density at radius 2 is 0.537 bits per heavy atom. The van der Waals surface area contributed by atoms with Gasteiger partial charge in [-0.2, -0.15) is 0 Å². The maximum Gasteiger partial charge on any atom is 3.00 e. The molecule has 0 unspecified atom stereocenters. The number of nitrogens with zero attached hydrogens (tertiary/aromatic N) is 8. The standard InChI is InChI=1S/2C27H27Cl3N4O3.2CH2Cl2.2Dy/c2*28-20-1-4-24(35)18(13-20)16-31-7-9-33-11-12-34(27(33)23-15-22(30)3-6-26(23)37)10-8-32-17-19-14-21(29)2-5-25(19)36;2*2-1-3;;/h2*1-6,13-17,27,35-37H,7-12H2;2*1H2;;/q;;;;2*+3/p-6. The van der Waals surface area contributed by atoms with Crippen LogP contribution in [0.2, 0.25) is 30.1 Å². The van der Waals surface area contributed by atoms with Gasteiger partial charge in [0, 0.05) is 107 Å². The van der Waals surface area contributed by atoms with Gasteiger partial charge < -0.3 is 30.6 Å². The molecule has 2 fully saturated rings. The zero-order valence-electron chi connectivity index (χ0n) is 43.2. The Kier molecular flexibility index (Phi) is 36.1. The monoisotopic (exact) mass is 1610 g/mol. The van der Waals surface area contributed by atoms with Crippen LogP contribution in [0.5, 0.6) is 34.5 Å². The van der Waals surface area contributed by atoms with Gasteiger partial charge in [0.15, 0.2) is 0 Å². The van der Waals surface area contributed by atoms with Crippen molar-refractivity contribution in [3.63, 3.8) is 0 Å². The van der Waals surface area contributed by atoms with Gasteiger partial charge in [-0.15, -0.1) is 57.9 Å². The second-order valence-corrected chi connectivity index (χ2v) is 21.6. The molecule has 0 spiro atoms. The summed E-state index contributed by atoms with van der Waals surface area (Å²) in [4.78, 5) is 26.3. The van der Waals surface area contributed by atoms with Gasteiger partial charge in [-0.25, -0.2) is 0 Å². The van der Waals surface area contributed by atoms with Crippen LogP contribution in [0.4, 0.5) is 0 Å². The minimum Gasteiger partial charge on any atom is -0.872 e. The summed E-state index contributed by atoms with van der Waals surface area (Å²) in [6.45, 7) is 6.92. The van der Waals surface area contributed by atoms with Crippen molar-refractivity contribution in [3.8, 4) is 34.5 Å². The van der Waals surface area contributed by atoms with Crippen LogP contribution < -0.4 is 30.6 Å². The van der Waals surface area contributed by atoms with Crippen LogP contribution in [0.15, 0.2) is 129 Å².